The van der Waals surface area contributed by atoms with Gasteiger partial charge >= 0.3 is 0 Å². The molecule has 0 saturated carbocycles. The van der Waals surface area contributed by atoms with Crippen LogP contribution < -0.4 is 5.32 Å². The number of piperidine rings is 1. The van der Waals surface area contributed by atoms with Crippen LogP contribution >= 0.6 is 0 Å². The molecule has 2 heterocycles. The number of rotatable bonds is 6. The Hall–Kier alpha value is -2.52. The normalized spacial score (nSPS) is 17.4. The first-order valence-corrected chi connectivity index (χ1v) is 11.9. The molecule has 2 aromatic rings. The van der Waals surface area contributed by atoms with Crippen molar-refractivity contribution in [3.05, 3.63) is 46.9 Å². The van der Waals surface area contributed by atoms with E-state index in [0.717, 1.165) is 24.0 Å². The van der Waals surface area contributed by atoms with E-state index in [2.05, 4.69) is 15.3 Å². The third-order valence-electron chi connectivity index (χ3n) is 5.83. The lowest BCUT2D eigenvalue weighted by atomic mass is 10.0. The Kier molecular flexibility index (Phi) is 6.96. The summed E-state index contributed by atoms with van der Waals surface area (Å²) in [4.78, 5) is 22.8. The van der Waals surface area contributed by atoms with E-state index < -0.39 is 16.1 Å². The number of hydrogen-bond acceptors (Lipinski definition) is 6. The van der Waals surface area contributed by atoms with Gasteiger partial charge < -0.3 is 10.2 Å². The monoisotopic (exact) mass is 445 g/mol. The Morgan fingerprint density at radius 1 is 1.19 bits per heavy atom. The van der Waals surface area contributed by atoms with E-state index in [1.54, 1.807) is 37.2 Å². The predicted molar refractivity (Wildman–Crippen MR) is 120 cm³/mol. The summed E-state index contributed by atoms with van der Waals surface area (Å²) < 4.78 is 28.6. The number of sulfonamides is 1. The molecular formula is C22H31N5O3S. The number of nitrogens with one attached hydrogen (secondary N) is 1. The highest BCUT2D eigenvalue weighted by Crippen LogP contribution is 2.35. The summed E-state index contributed by atoms with van der Waals surface area (Å²) in [5.74, 6) is 1.000. The van der Waals surface area contributed by atoms with E-state index in [0.29, 0.717) is 41.7 Å². The summed E-state index contributed by atoms with van der Waals surface area (Å²) in [7, 11) is -0.232. The molecule has 1 amide bonds. The van der Waals surface area contributed by atoms with Gasteiger partial charge in [-0.05, 0) is 49.9 Å². The van der Waals surface area contributed by atoms with Crippen molar-refractivity contribution in [3.63, 3.8) is 0 Å². The fraction of sp³-hybridized carbons (Fsp3) is 0.500. The average Bonchev–Trinajstić information content (AvgIpc) is 2.75. The molecule has 3 rings (SSSR count). The van der Waals surface area contributed by atoms with Crippen molar-refractivity contribution in [2.75, 3.05) is 26.0 Å². The topological polar surface area (TPSA) is 95.5 Å². The molecule has 0 unspecified atom stereocenters. The molecule has 9 heteroatoms. The number of nitrogens with zero attached hydrogens (tertiary/aromatic N) is 4. The van der Waals surface area contributed by atoms with Crippen LogP contribution in [0.5, 0.6) is 0 Å². The van der Waals surface area contributed by atoms with Crippen molar-refractivity contribution in [1.29, 1.82) is 0 Å². The van der Waals surface area contributed by atoms with Crippen LogP contribution in [0.15, 0.2) is 29.2 Å². The molecule has 1 aliphatic heterocycles. The molecule has 1 aromatic heterocycles. The van der Waals surface area contributed by atoms with Crippen LogP contribution in [0.3, 0.4) is 0 Å². The second-order valence-electron chi connectivity index (χ2n) is 8.10. The van der Waals surface area contributed by atoms with Gasteiger partial charge in [-0.3, -0.25) is 4.79 Å². The molecule has 1 fully saturated rings. The van der Waals surface area contributed by atoms with Gasteiger partial charge in [-0.15, -0.1) is 0 Å². The number of aromatic nitrogens is 2. The molecule has 1 saturated heterocycles. The molecule has 168 valence electrons. The van der Waals surface area contributed by atoms with E-state index in [4.69, 9.17) is 0 Å². The van der Waals surface area contributed by atoms with Crippen molar-refractivity contribution >= 4 is 21.7 Å². The van der Waals surface area contributed by atoms with Gasteiger partial charge in [0.2, 0.25) is 15.9 Å². The summed E-state index contributed by atoms with van der Waals surface area (Å²) in [6.45, 7) is 6.14. The van der Waals surface area contributed by atoms with Gasteiger partial charge in [-0.2, -0.15) is 4.31 Å². The summed E-state index contributed by atoms with van der Waals surface area (Å²) >= 11 is 0. The van der Waals surface area contributed by atoms with E-state index in [9.17, 15) is 13.2 Å². The summed E-state index contributed by atoms with van der Waals surface area (Å²) in [6.07, 6.45) is 2.35. The third kappa shape index (κ3) is 5.04. The zero-order valence-corrected chi connectivity index (χ0v) is 19.7. The SMILES string of the molecule is CNc1cc(CN(C)C(C)=O)nc([C@H]2CCCCN2S(=O)(=O)c2ccc(C)c(C)c2)n1. The largest absolute Gasteiger partial charge is 0.373 e. The van der Waals surface area contributed by atoms with E-state index >= 15 is 0 Å². The Balaban J connectivity index is 2.01. The van der Waals surface area contributed by atoms with Gasteiger partial charge in [0.25, 0.3) is 0 Å². The molecule has 31 heavy (non-hydrogen) atoms. The van der Waals surface area contributed by atoms with Crippen molar-refractivity contribution in [2.45, 2.75) is 57.5 Å². The van der Waals surface area contributed by atoms with Gasteiger partial charge in [0.15, 0.2) is 0 Å². The number of aryl methyl sites for hydroxylation is 2. The fourth-order valence-corrected chi connectivity index (χ4v) is 5.43. The smallest absolute Gasteiger partial charge is 0.243 e. The first-order chi connectivity index (χ1) is 14.6. The third-order valence-corrected chi connectivity index (χ3v) is 7.73. The second-order valence-corrected chi connectivity index (χ2v) is 9.99. The summed E-state index contributed by atoms with van der Waals surface area (Å²) in [6, 6.07) is 6.58. The van der Waals surface area contributed by atoms with E-state index in [1.807, 2.05) is 19.9 Å². The first kappa shape index (κ1) is 23.1. The zero-order chi connectivity index (χ0) is 22.8. The fourth-order valence-electron chi connectivity index (χ4n) is 3.69. The molecule has 1 atom stereocenters. The second kappa shape index (κ2) is 9.32. The maximum atomic E-state index is 13.5. The van der Waals surface area contributed by atoms with Crippen molar-refractivity contribution < 1.29 is 13.2 Å². The molecule has 1 N–H and O–H groups in total. The van der Waals surface area contributed by atoms with Crippen molar-refractivity contribution in [1.82, 2.24) is 19.2 Å². The average molecular weight is 446 g/mol. The maximum Gasteiger partial charge on any atom is 0.243 e. The standard InChI is InChI=1S/C22H31N5O3S/c1-15-9-10-19(12-16(15)2)31(29,30)27-11-7-6-8-20(27)22-24-18(13-21(23-4)25-22)14-26(5)17(3)28/h9-10,12-13,20H,6-8,11,14H2,1-5H3,(H,23,24,25)/t20-/m1/s1. The minimum absolute atomic E-state index is 0.0669. The Labute approximate surface area is 184 Å². The molecule has 8 nitrogen and oxygen atoms in total. The molecule has 0 spiro atoms. The van der Waals surface area contributed by atoms with Crippen molar-refractivity contribution in [3.8, 4) is 0 Å². The lowest BCUT2D eigenvalue weighted by molar-refractivity contribution is -0.128. The van der Waals surface area contributed by atoms with Gasteiger partial charge in [0.05, 0.1) is 23.2 Å². The van der Waals surface area contributed by atoms with Gasteiger partial charge in [-0.1, -0.05) is 12.5 Å². The number of benzene rings is 1. The zero-order valence-electron chi connectivity index (χ0n) is 18.8. The maximum absolute atomic E-state index is 13.5. The number of anilines is 1. The van der Waals surface area contributed by atoms with Crippen LogP contribution in [0.1, 0.15) is 54.9 Å². The van der Waals surface area contributed by atoms with E-state index in [1.165, 1.54) is 11.2 Å². The lowest BCUT2D eigenvalue weighted by Crippen LogP contribution is -2.39. The summed E-state index contributed by atoms with van der Waals surface area (Å²) in [5.41, 5.74) is 2.66. The number of carbonyl (C=O) groups excluding carboxylic acids is 1. The molecule has 0 bridgehead atoms. The number of hydrogen-bond donors (Lipinski definition) is 1. The highest BCUT2D eigenvalue weighted by Gasteiger charge is 2.36. The molecule has 1 aromatic carbocycles. The molecular weight excluding hydrogens is 414 g/mol. The van der Waals surface area contributed by atoms with Crippen LogP contribution in [-0.4, -0.2) is 54.1 Å². The van der Waals surface area contributed by atoms with Crippen LogP contribution in [0, 0.1) is 13.8 Å². The van der Waals surface area contributed by atoms with Crippen LogP contribution in [0.4, 0.5) is 5.82 Å². The number of amides is 1. The van der Waals surface area contributed by atoms with Crippen molar-refractivity contribution in [2.24, 2.45) is 0 Å². The first-order valence-electron chi connectivity index (χ1n) is 10.5. The minimum Gasteiger partial charge on any atom is -0.373 e. The molecule has 0 radical (unpaired) electrons. The number of carbonyl (C=O) groups is 1. The predicted octanol–water partition coefficient (Wildman–Crippen LogP) is 3.03. The van der Waals surface area contributed by atoms with Gasteiger partial charge in [0.1, 0.15) is 11.6 Å². The highest BCUT2D eigenvalue weighted by atomic mass is 32.2. The minimum atomic E-state index is -3.70. The van der Waals surface area contributed by atoms with Gasteiger partial charge in [-0.25, -0.2) is 18.4 Å². The Morgan fingerprint density at radius 2 is 1.94 bits per heavy atom. The van der Waals surface area contributed by atoms with Gasteiger partial charge in [0, 0.05) is 33.6 Å². The molecule has 0 aliphatic carbocycles. The van der Waals surface area contributed by atoms with Crippen LogP contribution in [0.2, 0.25) is 0 Å². The lowest BCUT2D eigenvalue weighted by Gasteiger charge is -2.34. The summed E-state index contributed by atoms with van der Waals surface area (Å²) in [5, 5.41) is 3.03. The highest BCUT2D eigenvalue weighted by molar-refractivity contribution is 7.89. The van der Waals surface area contributed by atoms with Crippen LogP contribution in [-0.2, 0) is 21.4 Å². The Morgan fingerprint density at radius 3 is 2.58 bits per heavy atom. The Bertz CT molecular complexity index is 1070. The quantitative estimate of drug-likeness (QED) is 0.734. The van der Waals surface area contributed by atoms with E-state index in [-0.39, 0.29) is 5.91 Å². The van der Waals surface area contributed by atoms with Crippen LogP contribution in [0.25, 0.3) is 0 Å². The molecule has 1 aliphatic rings.